The lowest BCUT2D eigenvalue weighted by molar-refractivity contribution is 0.339. The Balaban J connectivity index is 1.50. The molecule has 1 aliphatic rings. The Hall–Kier alpha value is -2.84. The molecular formula is C21H23N3O4S. The van der Waals surface area contributed by atoms with Crippen molar-refractivity contribution >= 4 is 10.8 Å². The van der Waals surface area contributed by atoms with Crippen LogP contribution in [0.2, 0.25) is 0 Å². The number of methoxy groups -OCH3 is 1. The monoisotopic (exact) mass is 413 g/mol. The second-order valence-corrected chi connectivity index (χ2v) is 8.24. The molecule has 1 aliphatic heterocycles. The van der Waals surface area contributed by atoms with Crippen molar-refractivity contribution in [1.29, 1.82) is 0 Å². The highest BCUT2D eigenvalue weighted by atomic mass is 32.2. The fourth-order valence-corrected chi connectivity index (χ4v) is 4.13. The molecule has 4 rings (SSSR count). The molecule has 1 unspecified atom stereocenters. The van der Waals surface area contributed by atoms with E-state index in [0.29, 0.717) is 22.1 Å². The summed E-state index contributed by atoms with van der Waals surface area (Å²) in [5.41, 5.74) is 1.73. The fourth-order valence-electron chi connectivity index (χ4n) is 3.22. The number of hydrogen-bond donors (Lipinski definition) is 2. The lowest BCUT2D eigenvalue weighted by Gasteiger charge is -2.13. The number of benzene rings is 2. The van der Waals surface area contributed by atoms with Gasteiger partial charge in [0.15, 0.2) is 0 Å². The lowest BCUT2D eigenvalue weighted by atomic mass is 10.1. The molecule has 0 amide bonds. The van der Waals surface area contributed by atoms with Gasteiger partial charge in [-0.25, -0.2) is 4.98 Å². The van der Waals surface area contributed by atoms with Crippen LogP contribution in [0.15, 0.2) is 53.6 Å². The molecule has 2 heterocycles. The van der Waals surface area contributed by atoms with E-state index in [2.05, 4.69) is 9.88 Å². The molecular weight excluding hydrogens is 390 g/mol. The van der Waals surface area contributed by atoms with Crippen LogP contribution in [-0.2, 0) is 23.9 Å². The number of rotatable bonds is 7. The van der Waals surface area contributed by atoms with Crippen molar-refractivity contribution in [1.82, 2.24) is 14.9 Å². The summed E-state index contributed by atoms with van der Waals surface area (Å²) in [6.45, 7) is 2.85. The van der Waals surface area contributed by atoms with E-state index in [1.54, 1.807) is 19.2 Å². The van der Waals surface area contributed by atoms with Crippen molar-refractivity contribution < 1.29 is 18.8 Å². The molecule has 1 aromatic heterocycles. The van der Waals surface area contributed by atoms with Gasteiger partial charge in [-0.3, -0.25) is 4.21 Å². The number of nitrogens with one attached hydrogen (secondary N) is 1. The van der Waals surface area contributed by atoms with Crippen LogP contribution in [0.4, 0.5) is 0 Å². The Bertz CT molecular complexity index is 994. The number of phenolic OH excluding ortho intramolecular Hbond substituents is 1. The van der Waals surface area contributed by atoms with Gasteiger partial charge in [-0.1, -0.05) is 0 Å². The standard InChI is InChI=1S/C21H23N3O4S/c1-27-16-4-7-18(19-14-24-9-8-22-13-21(24)23-19)20(12-16)28-10-11-29(26)17-5-2-15(25)3-6-17/h2-7,12,14,22,25H,8-11,13H2,1H3. The minimum atomic E-state index is -1.21. The summed E-state index contributed by atoms with van der Waals surface area (Å²) in [6, 6.07) is 12.0. The van der Waals surface area contributed by atoms with Crippen LogP contribution in [0, 0.1) is 0 Å². The summed E-state index contributed by atoms with van der Waals surface area (Å²) >= 11 is 0. The molecule has 0 radical (unpaired) electrons. The van der Waals surface area contributed by atoms with Gasteiger partial charge in [0.2, 0.25) is 0 Å². The maximum absolute atomic E-state index is 12.5. The van der Waals surface area contributed by atoms with Crippen LogP contribution in [0.25, 0.3) is 11.3 Å². The van der Waals surface area contributed by atoms with Gasteiger partial charge in [-0.2, -0.15) is 0 Å². The third-order valence-electron chi connectivity index (χ3n) is 4.76. The molecule has 29 heavy (non-hydrogen) atoms. The molecule has 7 nitrogen and oxygen atoms in total. The van der Waals surface area contributed by atoms with Crippen molar-refractivity contribution in [3.63, 3.8) is 0 Å². The van der Waals surface area contributed by atoms with Gasteiger partial charge >= 0.3 is 0 Å². The molecule has 0 saturated carbocycles. The predicted molar refractivity (Wildman–Crippen MR) is 111 cm³/mol. The number of nitrogens with zero attached hydrogens (tertiary/aromatic N) is 2. The smallest absolute Gasteiger partial charge is 0.132 e. The molecule has 0 fully saturated rings. The molecule has 0 bridgehead atoms. The van der Waals surface area contributed by atoms with Crippen LogP contribution >= 0.6 is 0 Å². The first-order chi connectivity index (χ1) is 14.1. The number of ether oxygens (including phenoxy) is 2. The average Bonchev–Trinajstić information content (AvgIpc) is 3.18. The van der Waals surface area contributed by atoms with Crippen molar-refractivity contribution in [2.75, 3.05) is 26.0 Å². The molecule has 0 saturated heterocycles. The number of aromatic hydroxyl groups is 1. The highest BCUT2D eigenvalue weighted by Gasteiger charge is 2.17. The zero-order chi connectivity index (χ0) is 20.2. The Morgan fingerprint density at radius 1 is 1.24 bits per heavy atom. The Labute approximate surface area is 171 Å². The SMILES string of the molecule is COc1ccc(-c2cn3c(n2)CNCC3)c(OCCS(=O)c2ccc(O)cc2)c1. The summed E-state index contributed by atoms with van der Waals surface area (Å²) in [5, 5.41) is 12.7. The second-order valence-electron chi connectivity index (χ2n) is 6.67. The van der Waals surface area contributed by atoms with Gasteiger partial charge in [0.05, 0.1) is 35.9 Å². The molecule has 1 atom stereocenters. The lowest BCUT2D eigenvalue weighted by Crippen LogP contribution is -2.27. The molecule has 8 heteroatoms. The molecule has 2 aromatic carbocycles. The van der Waals surface area contributed by atoms with Crippen LogP contribution in [0.5, 0.6) is 17.2 Å². The van der Waals surface area contributed by atoms with Crippen molar-refractivity contribution in [2.24, 2.45) is 0 Å². The maximum atomic E-state index is 12.5. The van der Waals surface area contributed by atoms with Crippen molar-refractivity contribution in [3.8, 4) is 28.5 Å². The fraction of sp³-hybridized carbons (Fsp3) is 0.286. The first kappa shape index (κ1) is 19.5. The van der Waals surface area contributed by atoms with E-state index in [1.165, 1.54) is 12.1 Å². The normalized spacial score (nSPS) is 14.2. The summed E-state index contributed by atoms with van der Waals surface area (Å²) in [7, 11) is 0.398. The largest absolute Gasteiger partial charge is 0.508 e. The van der Waals surface area contributed by atoms with Gasteiger partial charge in [0.1, 0.15) is 29.7 Å². The van der Waals surface area contributed by atoms with Crippen LogP contribution in [-0.4, -0.2) is 44.9 Å². The average molecular weight is 413 g/mol. The van der Waals surface area contributed by atoms with Crippen LogP contribution in [0.3, 0.4) is 0 Å². The van der Waals surface area contributed by atoms with Gasteiger partial charge in [0.25, 0.3) is 0 Å². The first-order valence-electron chi connectivity index (χ1n) is 9.39. The highest BCUT2D eigenvalue weighted by Crippen LogP contribution is 2.33. The molecule has 2 N–H and O–H groups in total. The first-order valence-corrected chi connectivity index (χ1v) is 10.7. The Kier molecular flexibility index (Phi) is 5.82. The van der Waals surface area contributed by atoms with Crippen molar-refractivity contribution in [3.05, 3.63) is 54.5 Å². The van der Waals surface area contributed by atoms with E-state index in [4.69, 9.17) is 14.5 Å². The van der Waals surface area contributed by atoms with E-state index in [-0.39, 0.29) is 12.4 Å². The zero-order valence-corrected chi connectivity index (χ0v) is 16.9. The number of aromatic nitrogens is 2. The van der Waals surface area contributed by atoms with Gasteiger partial charge in [-0.15, -0.1) is 0 Å². The number of fused-ring (bicyclic) bond motifs is 1. The molecule has 0 aliphatic carbocycles. The summed E-state index contributed by atoms with van der Waals surface area (Å²) < 4.78 is 25.9. The van der Waals surface area contributed by atoms with Crippen LogP contribution in [0.1, 0.15) is 5.82 Å². The predicted octanol–water partition coefficient (Wildman–Crippen LogP) is 2.55. The van der Waals surface area contributed by atoms with E-state index >= 15 is 0 Å². The Morgan fingerprint density at radius 2 is 2.07 bits per heavy atom. The number of phenols is 1. The molecule has 0 spiro atoms. The topological polar surface area (TPSA) is 85.6 Å². The van der Waals surface area contributed by atoms with Crippen LogP contribution < -0.4 is 14.8 Å². The highest BCUT2D eigenvalue weighted by molar-refractivity contribution is 7.85. The minimum absolute atomic E-state index is 0.154. The molecule has 152 valence electrons. The zero-order valence-electron chi connectivity index (χ0n) is 16.1. The van der Waals surface area contributed by atoms with E-state index in [0.717, 1.165) is 36.7 Å². The number of imidazole rings is 1. The summed E-state index contributed by atoms with van der Waals surface area (Å²) in [6.07, 6.45) is 2.04. The van der Waals surface area contributed by atoms with Gasteiger partial charge in [0, 0.05) is 35.8 Å². The van der Waals surface area contributed by atoms with Gasteiger partial charge in [-0.05, 0) is 36.4 Å². The van der Waals surface area contributed by atoms with E-state index in [1.807, 2.05) is 24.4 Å². The third-order valence-corrected chi connectivity index (χ3v) is 6.10. The minimum Gasteiger partial charge on any atom is -0.508 e. The number of hydrogen-bond acceptors (Lipinski definition) is 6. The van der Waals surface area contributed by atoms with E-state index < -0.39 is 10.8 Å². The van der Waals surface area contributed by atoms with Gasteiger partial charge < -0.3 is 24.5 Å². The maximum Gasteiger partial charge on any atom is 0.132 e. The molecule has 3 aromatic rings. The third kappa shape index (κ3) is 4.44. The summed E-state index contributed by atoms with van der Waals surface area (Å²) in [5.74, 6) is 2.83. The summed E-state index contributed by atoms with van der Waals surface area (Å²) in [4.78, 5) is 5.39. The second kappa shape index (κ2) is 8.67. The van der Waals surface area contributed by atoms with Crippen molar-refractivity contribution in [2.45, 2.75) is 18.0 Å². The van der Waals surface area contributed by atoms with E-state index in [9.17, 15) is 9.32 Å². The quantitative estimate of drug-likeness (QED) is 0.619. The Morgan fingerprint density at radius 3 is 2.83 bits per heavy atom.